The molecule has 4 N–H and O–H groups in total. The largest absolute Gasteiger partial charge is 0.421 e. The zero-order chi connectivity index (χ0) is 27.3. The number of fused-ring (bicyclic) bond motifs is 1. The molecular weight excluding hydrogens is 519 g/mol. The first-order valence-electron chi connectivity index (χ1n) is 10.4. The van der Waals surface area contributed by atoms with Crippen molar-refractivity contribution in [1.29, 1.82) is 0 Å². The van der Waals surface area contributed by atoms with E-state index in [0.29, 0.717) is 10.1 Å². The Morgan fingerprint density at radius 2 is 1.65 bits per heavy atom. The van der Waals surface area contributed by atoms with E-state index in [1.807, 2.05) is 5.32 Å². The first-order valence-corrected chi connectivity index (χ1v) is 11.9. The number of aromatic amines is 1. The second kappa shape index (κ2) is 8.70. The number of nitrogens with zero attached hydrogens (tertiary/aromatic N) is 1. The first kappa shape index (κ1) is 25.8. The second-order valence-electron chi connectivity index (χ2n) is 8.12. The highest BCUT2D eigenvalue weighted by atomic mass is 32.2. The van der Waals surface area contributed by atoms with E-state index in [9.17, 15) is 40.8 Å². The number of H-pyrrole nitrogens is 1. The summed E-state index contributed by atoms with van der Waals surface area (Å²) in [5.74, 6) is -3.22. The highest BCUT2D eigenvalue weighted by molar-refractivity contribution is 7.89. The molecular formula is C22H18F3N5O6S. The summed E-state index contributed by atoms with van der Waals surface area (Å²) in [7, 11) is -5.10. The van der Waals surface area contributed by atoms with Crippen LogP contribution in [0.5, 0.6) is 0 Å². The van der Waals surface area contributed by atoms with Crippen LogP contribution in [-0.2, 0) is 25.2 Å². The zero-order valence-corrected chi connectivity index (χ0v) is 19.9. The lowest BCUT2D eigenvalue weighted by Gasteiger charge is -2.29. The molecule has 194 valence electrons. The molecule has 2 amide bonds. The molecule has 2 heterocycles. The lowest BCUT2D eigenvalue weighted by Crippen LogP contribution is -2.61. The number of hydrogen-bond donors (Lipinski definition) is 4. The van der Waals surface area contributed by atoms with Crippen molar-refractivity contribution in [3.8, 4) is 5.69 Å². The van der Waals surface area contributed by atoms with E-state index in [1.165, 1.54) is 23.8 Å². The van der Waals surface area contributed by atoms with E-state index < -0.39 is 61.1 Å². The highest BCUT2D eigenvalue weighted by Crippen LogP contribution is 2.46. The van der Waals surface area contributed by atoms with Gasteiger partial charge in [0, 0.05) is 12.6 Å². The molecule has 0 unspecified atom stereocenters. The third kappa shape index (κ3) is 4.21. The molecule has 1 aliphatic rings. The molecule has 0 aliphatic carbocycles. The summed E-state index contributed by atoms with van der Waals surface area (Å²) in [6.45, 7) is 2.74. The number of alkyl halides is 3. The average molecular weight is 537 g/mol. The lowest BCUT2D eigenvalue weighted by atomic mass is 9.93. The van der Waals surface area contributed by atoms with Gasteiger partial charge in [0.25, 0.3) is 11.5 Å². The van der Waals surface area contributed by atoms with Gasteiger partial charge in [-0.2, -0.15) is 17.9 Å². The van der Waals surface area contributed by atoms with Crippen molar-refractivity contribution < 1.29 is 31.2 Å². The lowest BCUT2D eigenvalue weighted by molar-refractivity contribution is -0.194. The number of carbonyl (C=O) groups excluding carboxylic acids is 2. The summed E-state index contributed by atoms with van der Waals surface area (Å²) in [4.78, 5) is 50.6. The van der Waals surface area contributed by atoms with E-state index in [-0.39, 0.29) is 11.4 Å². The number of carbonyl (C=O) groups is 2. The predicted molar refractivity (Wildman–Crippen MR) is 125 cm³/mol. The first-order chi connectivity index (χ1) is 17.2. The standard InChI is InChI=1S/C22H18F3N5O6S/c1-11-5-3-4-6-15(11)30-17-16(18(32)28-20(30)34)21(19(33)27-17,22(23,24)25)29-37(35,36)14-9-7-13(8-10-14)26-12(2)31/h3-10,29H,1-2H3,(H,26,31)(H,27,33)(H,28,32,34)/t21-/m0/s1. The third-order valence-corrected chi connectivity index (χ3v) is 7.08. The van der Waals surface area contributed by atoms with Gasteiger partial charge in [-0.3, -0.25) is 19.4 Å². The topological polar surface area (TPSA) is 159 Å². The van der Waals surface area contributed by atoms with Crippen molar-refractivity contribution in [2.75, 3.05) is 10.6 Å². The minimum Gasteiger partial charge on any atom is -0.326 e. The number of sulfonamides is 1. The maximum Gasteiger partial charge on any atom is 0.421 e. The molecule has 15 heteroatoms. The van der Waals surface area contributed by atoms with Crippen LogP contribution in [-0.4, -0.2) is 36.0 Å². The van der Waals surface area contributed by atoms with Crippen LogP contribution in [0.4, 0.5) is 24.7 Å². The summed E-state index contributed by atoms with van der Waals surface area (Å²) < 4.78 is 72.0. The van der Waals surface area contributed by atoms with Crippen molar-refractivity contribution in [3.05, 3.63) is 80.5 Å². The monoisotopic (exact) mass is 537 g/mol. The number of aryl methyl sites for hydroxylation is 1. The highest BCUT2D eigenvalue weighted by Gasteiger charge is 2.69. The maximum atomic E-state index is 14.6. The number of hydrogen-bond acceptors (Lipinski definition) is 6. The van der Waals surface area contributed by atoms with E-state index in [1.54, 1.807) is 24.0 Å². The van der Waals surface area contributed by atoms with Gasteiger partial charge in [0.15, 0.2) is 0 Å². The Hall–Kier alpha value is -4.24. The van der Waals surface area contributed by atoms with Crippen molar-refractivity contribution in [1.82, 2.24) is 14.3 Å². The molecule has 0 fully saturated rings. The van der Waals surface area contributed by atoms with Gasteiger partial charge in [-0.1, -0.05) is 18.2 Å². The molecule has 11 nitrogen and oxygen atoms in total. The van der Waals surface area contributed by atoms with Crippen molar-refractivity contribution >= 4 is 33.3 Å². The molecule has 1 aliphatic heterocycles. The van der Waals surface area contributed by atoms with Crippen LogP contribution in [0, 0.1) is 6.92 Å². The smallest absolute Gasteiger partial charge is 0.326 e. The van der Waals surface area contributed by atoms with E-state index in [2.05, 4.69) is 5.32 Å². The van der Waals surface area contributed by atoms with Gasteiger partial charge in [-0.15, -0.1) is 0 Å². The van der Waals surface area contributed by atoms with Crippen LogP contribution >= 0.6 is 0 Å². The van der Waals surface area contributed by atoms with Crippen LogP contribution < -0.4 is 26.6 Å². The Morgan fingerprint density at radius 1 is 1.03 bits per heavy atom. The number of para-hydroxylation sites is 1. The van der Waals surface area contributed by atoms with E-state index in [0.717, 1.165) is 24.3 Å². The summed E-state index contributed by atoms with van der Waals surface area (Å²) in [6, 6.07) is 10.1. The van der Waals surface area contributed by atoms with Gasteiger partial charge in [0.05, 0.1) is 16.1 Å². The van der Waals surface area contributed by atoms with Crippen LogP contribution in [0.2, 0.25) is 0 Å². The molecule has 1 atom stereocenters. The Labute approximate surface area is 206 Å². The fourth-order valence-electron chi connectivity index (χ4n) is 3.97. The fraction of sp³-hybridized carbons (Fsp3) is 0.182. The summed E-state index contributed by atoms with van der Waals surface area (Å²) >= 11 is 0. The van der Waals surface area contributed by atoms with Gasteiger partial charge >= 0.3 is 11.9 Å². The molecule has 4 rings (SSSR count). The van der Waals surface area contributed by atoms with E-state index >= 15 is 0 Å². The van der Waals surface area contributed by atoms with Crippen LogP contribution in [0.1, 0.15) is 18.1 Å². The second-order valence-corrected chi connectivity index (χ2v) is 9.80. The Kier molecular flexibility index (Phi) is 6.08. The van der Waals surface area contributed by atoms with Crippen LogP contribution in [0.15, 0.2) is 63.0 Å². The maximum absolute atomic E-state index is 14.6. The summed E-state index contributed by atoms with van der Waals surface area (Å²) in [5.41, 5.74) is -7.53. The minimum atomic E-state index is -5.66. The van der Waals surface area contributed by atoms with Gasteiger partial charge < -0.3 is 10.6 Å². The molecule has 0 saturated heterocycles. The molecule has 37 heavy (non-hydrogen) atoms. The zero-order valence-electron chi connectivity index (χ0n) is 19.1. The average Bonchev–Trinajstić information content (AvgIpc) is 3.07. The Bertz CT molecular complexity index is 1660. The van der Waals surface area contributed by atoms with Crippen molar-refractivity contribution in [2.45, 2.75) is 30.5 Å². The SMILES string of the molecule is CC(=O)Nc1ccc(S(=O)(=O)N[C@]2(C(F)(F)F)C(=O)Nc3c2c(=O)[nH]c(=O)n3-c2ccccc2C)cc1. The number of rotatable bonds is 5. The molecule has 1 aromatic heterocycles. The minimum absolute atomic E-state index is 0.0506. The normalized spacial score (nSPS) is 17.3. The predicted octanol–water partition coefficient (Wildman–Crippen LogP) is 1.48. The molecule has 0 bridgehead atoms. The number of benzene rings is 2. The molecule has 0 spiro atoms. The van der Waals surface area contributed by atoms with Gasteiger partial charge in [0.2, 0.25) is 21.5 Å². The van der Waals surface area contributed by atoms with Crippen LogP contribution in [0.25, 0.3) is 5.69 Å². The summed E-state index contributed by atoms with van der Waals surface area (Å²) in [5, 5.41) is 4.26. The number of anilines is 2. The molecule has 0 radical (unpaired) electrons. The fourth-order valence-corrected chi connectivity index (χ4v) is 5.29. The Morgan fingerprint density at radius 3 is 2.22 bits per heavy atom. The van der Waals surface area contributed by atoms with Crippen molar-refractivity contribution in [2.24, 2.45) is 0 Å². The van der Waals surface area contributed by atoms with Crippen molar-refractivity contribution in [3.63, 3.8) is 0 Å². The molecule has 0 saturated carbocycles. The van der Waals surface area contributed by atoms with Gasteiger partial charge in [-0.05, 0) is 42.8 Å². The third-order valence-electron chi connectivity index (χ3n) is 5.61. The molecule has 2 aromatic carbocycles. The Balaban J connectivity index is 1.94. The van der Waals surface area contributed by atoms with Gasteiger partial charge in [0.1, 0.15) is 5.82 Å². The number of halogens is 3. The number of aromatic nitrogens is 2. The number of amides is 2. The quantitative estimate of drug-likeness (QED) is 0.386. The van der Waals surface area contributed by atoms with Crippen LogP contribution in [0.3, 0.4) is 0 Å². The van der Waals surface area contributed by atoms with E-state index in [4.69, 9.17) is 0 Å². The van der Waals surface area contributed by atoms with Gasteiger partial charge in [-0.25, -0.2) is 17.8 Å². The summed E-state index contributed by atoms with van der Waals surface area (Å²) in [6.07, 6.45) is -5.66. The molecule has 3 aromatic rings. The number of nitrogens with one attached hydrogen (secondary N) is 4.